The summed E-state index contributed by atoms with van der Waals surface area (Å²) in [6.07, 6.45) is 4.68. The molecule has 0 radical (unpaired) electrons. The van der Waals surface area contributed by atoms with E-state index in [0.717, 1.165) is 5.56 Å². The third kappa shape index (κ3) is 3.92. The lowest BCUT2D eigenvalue weighted by Gasteiger charge is -2.23. The Labute approximate surface area is 183 Å². The van der Waals surface area contributed by atoms with Gasteiger partial charge in [0.25, 0.3) is 11.7 Å². The van der Waals surface area contributed by atoms with Crippen LogP contribution < -0.4 is 4.74 Å². The average molecular weight is 439 g/mol. The molecule has 31 heavy (non-hydrogen) atoms. The van der Waals surface area contributed by atoms with Crippen molar-refractivity contribution in [1.29, 1.82) is 0 Å². The molecule has 1 aliphatic heterocycles. The largest absolute Gasteiger partial charge is 0.507 e. The van der Waals surface area contributed by atoms with Gasteiger partial charge in [-0.1, -0.05) is 17.7 Å². The molecular formula is C23H19ClN2O5. The fraction of sp³-hybridized carbons (Fsp3) is 0.174. The highest BCUT2D eigenvalue weighted by atomic mass is 35.5. The Morgan fingerprint density at radius 2 is 2.10 bits per heavy atom. The van der Waals surface area contributed by atoms with E-state index in [1.54, 1.807) is 48.8 Å². The summed E-state index contributed by atoms with van der Waals surface area (Å²) in [6.45, 7) is 2.37. The van der Waals surface area contributed by atoms with E-state index in [4.69, 9.17) is 20.8 Å². The number of rotatable bonds is 6. The Morgan fingerprint density at radius 1 is 1.26 bits per heavy atom. The summed E-state index contributed by atoms with van der Waals surface area (Å²) in [5, 5.41) is 11.3. The number of aromatic nitrogens is 1. The number of carbonyl (C=O) groups is 2. The first kappa shape index (κ1) is 20.7. The quantitative estimate of drug-likeness (QED) is 0.349. The number of pyridine rings is 1. The fourth-order valence-electron chi connectivity index (χ4n) is 3.56. The van der Waals surface area contributed by atoms with Crippen molar-refractivity contribution in [1.82, 2.24) is 9.88 Å². The number of carbonyl (C=O) groups excluding carboxylic acids is 2. The molecule has 8 heteroatoms. The van der Waals surface area contributed by atoms with Gasteiger partial charge in [-0.15, -0.1) is 0 Å². The second-order valence-corrected chi connectivity index (χ2v) is 7.29. The molecule has 1 atom stereocenters. The Bertz CT molecular complexity index is 1140. The highest BCUT2D eigenvalue weighted by molar-refractivity contribution is 6.46. The summed E-state index contributed by atoms with van der Waals surface area (Å²) in [4.78, 5) is 31.3. The van der Waals surface area contributed by atoms with Crippen molar-refractivity contribution < 1.29 is 23.8 Å². The number of likely N-dealkylation sites (tertiary alicyclic amines) is 1. The van der Waals surface area contributed by atoms with Crippen molar-refractivity contribution in [3.8, 4) is 5.75 Å². The van der Waals surface area contributed by atoms with Crippen LogP contribution in [0.25, 0.3) is 5.76 Å². The summed E-state index contributed by atoms with van der Waals surface area (Å²) in [5.41, 5.74) is 0.834. The number of aliphatic hydroxyl groups excluding tert-OH is 1. The molecule has 1 amide bonds. The molecule has 2 aromatic heterocycles. The van der Waals surface area contributed by atoms with Gasteiger partial charge in [0, 0.05) is 24.5 Å². The van der Waals surface area contributed by atoms with E-state index in [1.807, 2.05) is 6.92 Å². The summed E-state index contributed by atoms with van der Waals surface area (Å²) >= 11 is 6.30. The number of ketones is 1. The van der Waals surface area contributed by atoms with Gasteiger partial charge in [-0.2, -0.15) is 0 Å². The molecule has 1 N–H and O–H groups in total. The van der Waals surface area contributed by atoms with Crippen molar-refractivity contribution >= 4 is 29.1 Å². The summed E-state index contributed by atoms with van der Waals surface area (Å²) in [5.74, 6) is -1.13. The van der Waals surface area contributed by atoms with E-state index in [9.17, 15) is 14.7 Å². The molecule has 0 saturated carbocycles. The summed E-state index contributed by atoms with van der Waals surface area (Å²) in [7, 11) is 0. The zero-order valence-electron chi connectivity index (χ0n) is 16.6. The number of halogens is 1. The van der Waals surface area contributed by atoms with Gasteiger partial charge in [-0.25, -0.2) is 0 Å². The topological polar surface area (TPSA) is 92.9 Å². The van der Waals surface area contributed by atoms with Gasteiger partial charge in [-0.05, 0) is 48.9 Å². The van der Waals surface area contributed by atoms with Gasteiger partial charge in [-0.3, -0.25) is 14.6 Å². The van der Waals surface area contributed by atoms with Crippen LogP contribution in [0, 0.1) is 0 Å². The first-order valence-corrected chi connectivity index (χ1v) is 10.0. The normalized spacial score (nSPS) is 17.9. The molecule has 1 aromatic carbocycles. The van der Waals surface area contributed by atoms with E-state index in [0.29, 0.717) is 18.1 Å². The van der Waals surface area contributed by atoms with Gasteiger partial charge < -0.3 is 19.2 Å². The number of furan rings is 1. The minimum Gasteiger partial charge on any atom is -0.507 e. The van der Waals surface area contributed by atoms with Crippen molar-refractivity contribution in [2.24, 2.45) is 0 Å². The molecular weight excluding hydrogens is 420 g/mol. The number of aliphatic hydroxyl groups is 1. The van der Waals surface area contributed by atoms with Crippen LogP contribution in [0.5, 0.6) is 5.75 Å². The van der Waals surface area contributed by atoms with Crippen LogP contribution in [0.4, 0.5) is 0 Å². The van der Waals surface area contributed by atoms with Crippen molar-refractivity contribution in [2.75, 3.05) is 6.61 Å². The predicted octanol–water partition coefficient (Wildman–Crippen LogP) is 4.35. The smallest absolute Gasteiger partial charge is 0.296 e. The first-order valence-electron chi connectivity index (χ1n) is 9.64. The Morgan fingerprint density at radius 3 is 2.77 bits per heavy atom. The summed E-state index contributed by atoms with van der Waals surface area (Å²) < 4.78 is 11.0. The maximum atomic E-state index is 13.0. The Balaban J connectivity index is 1.85. The lowest BCUT2D eigenvalue weighted by atomic mass is 9.99. The average Bonchev–Trinajstić information content (AvgIpc) is 3.38. The molecule has 1 unspecified atom stereocenters. The number of amides is 1. The predicted molar refractivity (Wildman–Crippen MR) is 113 cm³/mol. The van der Waals surface area contributed by atoms with Gasteiger partial charge in [0.05, 0.1) is 23.5 Å². The van der Waals surface area contributed by atoms with Crippen LogP contribution in [0.3, 0.4) is 0 Å². The van der Waals surface area contributed by atoms with Crippen LogP contribution in [-0.2, 0) is 16.1 Å². The van der Waals surface area contributed by atoms with Crippen LogP contribution >= 0.6 is 11.6 Å². The van der Waals surface area contributed by atoms with Gasteiger partial charge in [0.2, 0.25) is 0 Å². The number of hydrogen-bond acceptors (Lipinski definition) is 6. The fourth-order valence-corrected chi connectivity index (χ4v) is 3.77. The molecule has 3 aromatic rings. The second-order valence-electron chi connectivity index (χ2n) is 6.88. The molecule has 3 heterocycles. The molecule has 1 saturated heterocycles. The van der Waals surface area contributed by atoms with Crippen molar-refractivity contribution in [3.63, 3.8) is 0 Å². The van der Waals surface area contributed by atoms with E-state index in [-0.39, 0.29) is 28.5 Å². The van der Waals surface area contributed by atoms with Gasteiger partial charge in [0.15, 0.2) is 0 Å². The monoisotopic (exact) mass is 438 g/mol. The zero-order valence-corrected chi connectivity index (χ0v) is 17.4. The molecule has 7 nitrogen and oxygen atoms in total. The molecule has 0 spiro atoms. The van der Waals surface area contributed by atoms with Crippen LogP contribution in [0.15, 0.2) is 71.1 Å². The molecule has 1 fully saturated rings. The minimum absolute atomic E-state index is 0.0978. The first-order chi connectivity index (χ1) is 15.0. The number of ether oxygens (including phenoxy) is 1. The number of Topliss-reactive ketones (excluding diaryl/α,β-unsaturated/α-hetero) is 1. The lowest BCUT2D eigenvalue weighted by Crippen LogP contribution is -2.29. The lowest BCUT2D eigenvalue weighted by molar-refractivity contribution is -0.140. The second kappa shape index (κ2) is 8.65. The number of nitrogens with zero attached hydrogens (tertiary/aromatic N) is 2. The Hall–Kier alpha value is -3.58. The molecule has 0 bridgehead atoms. The summed E-state index contributed by atoms with van der Waals surface area (Å²) in [6, 6.07) is 10.7. The van der Waals surface area contributed by atoms with Crippen LogP contribution in [-0.4, -0.2) is 33.3 Å². The minimum atomic E-state index is -0.915. The van der Waals surface area contributed by atoms with E-state index in [2.05, 4.69) is 4.98 Å². The molecule has 158 valence electrons. The molecule has 4 rings (SSSR count). The Kier molecular flexibility index (Phi) is 5.77. The maximum Gasteiger partial charge on any atom is 0.296 e. The standard InChI is InChI=1S/C23H19ClN2O5/c1-2-30-15-7-8-17(24)16(11-15)21(27)19-20(18-6-4-10-31-18)26(23(29)22(19)28)13-14-5-3-9-25-12-14/h3-12,20,27H,2,13H2,1H3/b21-19-. The highest BCUT2D eigenvalue weighted by Crippen LogP contribution is 2.41. The number of benzene rings is 1. The van der Waals surface area contributed by atoms with Crippen molar-refractivity contribution in [3.05, 3.63) is 88.6 Å². The van der Waals surface area contributed by atoms with Crippen molar-refractivity contribution in [2.45, 2.75) is 19.5 Å². The molecule has 0 aliphatic carbocycles. The maximum absolute atomic E-state index is 13.0. The van der Waals surface area contributed by atoms with E-state index in [1.165, 1.54) is 17.2 Å². The molecule has 1 aliphatic rings. The van der Waals surface area contributed by atoms with Crippen LogP contribution in [0.2, 0.25) is 5.02 Å². The third-order valence-corrected chi connectivity index (χ3v) is 5.26. The van der Waals surface area contributed by atoms with Gasteiger partial charge >= 0.3 is 0 Å². The third-order valence-electron chi connectivity index (χ3n) is 4.93. The highest BCUT2D eigenvalue weighted by Gasteiger charge is 2.47. The van der Waals surface area contributed by atoms with E-state index >= 15 is 0 Å². The zero-order chi connectivity index (χ0) is 22.0. The van der Waals surface area contributed by atoms with Crippen LogP contribution in [0.1, 0.15) is 29.9 Å². The number of hydrogen-bond donors (Lipinski definition) is 1. The van der Waals surface area contributed by atoms with E-state index < -0.39 is 17.7 Å². The SMILES string of the molecule is CCOc1ccc(Cl)c(/C(O)=C2/C(=O)C(=O)N(Cc3cccnc3)C2c2ccco2)c1. The van der Waals surface area contributed by atoms with Gasteiger partial charge in [0.1, 0.15) is 23.3 Å².